The molecule has 2 N–H and O–H groups in total. The van der Waals surface area contributed by atoms with E-state index in [-0.39, 0.29) is 23.6 Å². The standard InChI is InChI=1S/C12H14N6O2/c1-5-6(2)14-10-9(13-5)11(15-7(3)19)18-12(17-10)16-8(4)20/h1-4H3,(H2,14,15,16,17,18,19,20). The van der Waals surface area contributed by atoms with Crippen LogP contribution in [0.3, 0.4) is 0 Å². The first-order valence-electron chi connectivity index (χ1n) is 5.95. The fraction of sp³-hybridized carbons (Fsp3) is 0.333. The average molecular weight is 274 g/mol. The van der Waals surface area contributed by atoms with Crippen LogP contribution >= 0.6 is 0 Å². The number of nitrogens with one attached hydrogen (secondary N) is 2. The predicted molar refractivity (Wildman–Crippen MR) is 73.2 cm³/mol. The van der Waals surface area contributed by atoms with Gasteiger partial charge in [-0.1, -0.05) is 0 Å². The SMILES string of the molecule is CC(=O)Nc1nc(NC(C)=O)c2nc(C)c(C)nc2n1. The van der Waals surface area contributed by atoms with Crippen molar-refractivity contribution in [3.63, 3.8) is 0 Å². The number of aryl methyl sites for hydroxylation is 2. The fourth-order valence-electron chi connectivity index (χ4n) is 1.58. The van der Waals surface area contributed by atoms with Crippen LogP contribution in [0, 0.1) is 13.8 Å². The van der Waals surface area contributed by atoms with Crippen molar-refractivity contribution in [2.24, 2.45) is 0 Å². The highest BCUT2D eigenvalue weighted by Gasteiger charge is 2.13. The van der Waals surface area contributed by atoms with Gasteiger partial charge in [0.05, 0.1) is 11.4 Å². The van der Waals surface area contributed by atoms with Gasteiger partial charge in [0.2, 0.25) is 17.8 Å². The molecule has 2 heterocycles. The van der Waals surface area contributed by atoms with Crippen molar-refractivity contribution in [2.45, 2.75) is 27.7 Å². The van der Waals surface area contributed by atoms with E-state index < -0.39 is 0 Å². The minimum Gasteiger partial charge on any atom is -0.309 e. The van der Waals surface area contributed by atoms with Gasteiger partial charge in [0.1, 0.15) is 0 Å². The van der Waals surface area contributed by atoms with Crippen LogP contribution in [0.25, 0.3) is 11.2 Å². The van der Waals surface area contributed by atoms with Crippen LogP contribution in [0.1, 0.15) is 25.2 Å². The van der Waals surface area contributed by atoms with E-state index in [1.54, 1.807) is 13.8 Å². The highest BCUT2D eigenvalue weighted by atomic mass is 16.2. The molecule has 0 unspecified atom stereocenters. The van der Waals surface area contributed by atoms with Crippen LogP contribution in [0.4, 0.5) is 11.8 Å². The summed E-state index contributed by atoms with van der Waals surface area (Å²) in [6, 6.07) is 0. The van der Waals surface area contributed by atoms with Crippen LogP contribution in [0.5, 0.6) is 0 Å². The Labute approximate surface area is 115 Å². The fourth-order valence-corrected chi connectivity index (χ4v) is 1.58. The van der Waals surface area contributed by atoms with Gasteiger partial charge in [-0.25, -0.2) is 9.97 Å². The second-order valence-corrected chi connectivity index (χ2v) is 4.32. The monoisotopic (exact) mass is 274 g/mol. The maximum Gasteiger partial charge on any atom is 0.233 e. The lowest BCUT2D eigenvalue weighted by molar-refractivity contribution is -0.115. The van der Waals surface area contributed by atoms with Gasteiger partial charge in [-0.15, -0.1) is 0 Å². The number of aromatic nitrogens is 4. The van der Waals surface area contributed by atoms with E-state index >= 15 is 0 Å². The third-order valence-corrected chi connectivity index (χ3v) is 2.52. The lowest BCUT2D eigenvalue weighted by Gasteiger charge is -2.09. The van der Waals surface area contributed by atoms with E-state index in [4.69, 9.17) is 0 Å². The van der Waals surface area contributed by atoms with E-state index in [0.717, 1.165) is 11.4 Å². The van der Waals surface area contributed by atoms with Crippen LogP contribution in [-0.4, -0.2) is 31.8 Å². The molecule has 104 valence electrons. The molecule has 0 spiro atoms. The maximum atomic E-state index is 11.2. The number of amides is 2. The van der Waals surface area contributed by atoms with Gasteiger partial charge < -0.3 is 5.32 Å². The molecule has 0 atom stereocenters. The largest absolute Gasteiger partial charge is 0.309 e. The number of carbonyl (C=O) groups is 2. The van der Waals surface area contributed by atoms with Crippen molar-refractivity contribution in [1.82, 2.24) is 19.9 Å². The second-order valence-electron chi connectivity index (χ2n) is 4.32. The zero-order chi connectivity index (χ0) is 14.9. The van der Waals surface area contributed by atoms with Crippen molar-refractivity contribution in [2.75, 3.05) is 10.6 Å². The van der Waals surface area contributed by atoms with Crippen LogP contribution in [0.2, 0.25) is 0 Å². The van der Waals surface area contributed by atoms with Crippen molar-refractivity contribution in [3.8, 4) is 0 Å². The highest BCUT2D eigenvalue weighted by Crippen LogP contribution is 2.20. The van der Waals surface area contributed by atoms with Gasteiger partial charge in [-0.05, 0) is 13.8 Å². The van der Waals surface area contributed by atoms with Gasteiger partial charge in [-0.2, -0.15) is 9.97 Å². The first-order valence-corrected chi connectivity index (χ1v) is 5.95. The smallest absolute Gasteiger partial charge is 0.233 e. The van der Waals surface area contributed by atoms with E-state index in [1.807, 2.05) is 0 Å². The van der Waals surface area contributed by atoms with Crippen molar-refractivity contribution >= 4 is 34.7 Å². The zero-order valence-electron chi connectivity index (χ0n) is 11.6. The molecule has 0 saturated carbocycles. The normalized spacial score (nSPS) is 10.4. The quantitative estimate of drug-likeness (QED) is 0.843. The molecular formula is C12H14N6O2. The summed E-state index contributed by atoms with van der Waals surface area (Å²) in [6.45, 7) is 6.32. The summed E-state index contributed by atoms with van der Waals surface area (Å²) >= 11 is 0. The number of fused-ring (bicyclic) bond motifs is 1. The lowest BCUT2D eigenvalue weighted by atomic mass is 10.3. The van der Waals surface area contributed by atoms with E-state index in [9.17, 15) is 9.59 Å². The minimum atomic E-state index is -0.310. The average Bonchev–Trinajstić information content (AvgIpc) is 2.30. The molecule has 2 amide bonds. The number of anilines is 2. The summed E-state index contributed by atoms with van der Waals surface area (Å²) < 4.78 is 0. The minimum absolute atomic E-state index is 0.0753. The summed E-state index contributed by atoms with van der Waals surface area (Å²) in [5.41, 5.74) is 2.15. The molecule has 8 heteroatoms. The Balaban J connectivity index is 2.67. The number of hydrogen-bond donors (Lipinski definition) is 2. The molecule has 2 rings (SSSR count). The number of rotatable bonds is 2. The first kappa shape index (κ1) is 13.8. The van der Waals surface area contributed by atoms with Crippen molar-refractivity contribution < 1.29 is 9.59 Å². The Hall–Kier alpha value is -2.64. The third-order valence-electron chi connectivity index (χ3n) is 2.52. The van der Waals surface area contributed by atoms with Crippen LogP contribution in [-0.2, 0) is 9.59 Å². The lowest BCUT2D eigenvalue weighted by Crippen LogP contribution is -2.14. The van der Waals surface area contributed by atoms with Gasteiger partial charge >= 0.3 is 0 Å². The van der Waals surface area contributed by atoms with Gasteiger partial charge in [-0.3, -0.25) is 14.9 Å². The van der Waals surface area contributed by atoms with E-state index in [2.05, 4.69) is 30.6 Å². The number of carbonyl (C=O) groups excluding carboxylic acids is 2. The molecule has 2 aromatic rings. The number of nitrogens with zero attached hydrogens (tertiary/aromatic N) is 4. The molecule has 0 aliphatic carbocycles. The Morgan fingerprint density at radius 1 is 0.850 bits per heavy atom. The molecule has 8 nitrogen and oxygen atoms in total. The molecule has 20 heavy (non-hydrogen) atoms. The first-order chi connectivity index (χ1) is 9.36. The van der Waals surface area contributed by atoms with Gasteiger partial charge in [0.25, 0.3) is 0 Å². The highest BCUT2D eigenvalue weighted by molar-refractivity contribution is 5.97. The van der Waals surface area contributed by atoms with Gasteiger partial charge in [0.15, 0.2) is 17.0 Å². The Bertz CT molecular complexity index is 713. The second kappa shape index (κ2) is 5.16. The van der Waals surface area contributed by atoms with Crippen LogP contribution < -0.4 is 10.6 Å². The summed E-state index contributed by atoms with van der Waals surface area (Å²) in [5.74, 6) is -0.304. The number of hydrogen-bond acceptors (Lipinski definition) is 6. The molecule has 0 radical (unpaired) electrons. The topological polar surface area (TPSA) is 110 Å². The maximum absolute atomic E-state index is 11.2. The molecule has 2 aromatic heterocycles. The molecule has 0 bridgehead atoms. The third kappa shape index (κ3) is 2.85. The molecule has 0 saturated heterocycles. The molecule has 0 aliphatic heterocycles. The summed E-state index contributed by atoms with van der Waals surface area (Å²) in [6.07, 6.45) is 0. The Morgan fingerprint density at radius 2 is 1.45 bits per heavy atom. The molecule has 0 aliphatic rings. The Kier molecular flexibility index (Phi) is 3.55. The molecule has 0 fully saturated rings. The summed E-state index contributed by atoms with van der Waals surface area (Å²) in [7, 11) is 0. The predicted octanol–water partition coefficient (Wildman–Crippen LogP) is 0.953. The molecule has 0 aromatic carbocycles. The van der Waals surface area contributed by atoms with E-state index in [0.29, 0.717) is 11.2 Å². The summed E-state index contributed by atoms with van der Waals surface area (Å²) in [4.78, 5) is 39.1. The summed E-state index contributed by atoms with van der Waals surface area (Å²) in [5, 5.41) is 5.03. The zero-order valence-corrected chi connectivity index (χ0v) is 11.6. The van der Waals surface area contributed by atoms with E-state index in [1.165, 1.54) is 13.8 Å². The Morgan fingerprint density at radius 3 is 2.05 bits per heavy atom. The van der Waals surface area contributed by atoms with Crippen molar-refractivity contribution in [1.29, 1.82) is 0 Å². The van der Waals surface area contributed by atoms with Gasteiger partial charge in [0, 0.05) is 13.8 Å². The molecular weight excluding hydrogens is 260 g/mol. The van der Waals surface area contributed by atoms with Crippen LogP contribution in [0.15, 0.2) is 0 Å². The van der Waals surface area contributed by atoms with Crippen molar-refractivity contribution in [3.05, 3.63) is 11.4 Å².